The maximum Gasteiger partial charge on any atom is 0.258 e. The van der Waals surface area contributed by atoms with Crippen molar-refractivity contribution in [1.82, 2.24) is 59.5 Å². The number of fused-ring (bicyclic) bond motifs is 6. The Labute approximate surface area is 386 Å². The number of carbonyl (C=O) groups is 2. The Bertz CT molecular complexity index is 3350. The number of hydrogen-bond acceptors (Lipinski definition) is 12. The van der Waals surface area contributed by atoms with Crippen LogP contribution >= 0.6 is 0 Å². The van der Waals surface area contributed by atoms with E-state index in [2.05, 4.69) is 51.7 Å². The molecule has 12 rings (SSSR count). The Hall–Kier alpha value is -8.16. The number of anilines is 2. The topological polar surface area (TPSA) is 200 Å². The molecule has 4 aromatic carbocycles. The second kappa shape index (κ2) is 16.0. The molecule has 0 radical (unpaired) electrons. The molecular formula is C48H42F2N14O4. The molecule has 2 saturated carbocycles. The summed E-state index contributed by atoms with van der Waals surface area (Å²) in [6.45, 7) is 5.93. The summed E-state index contributed by atoms with van der Waals surface area (Å²) in [6, 6.07) is 14.5. The lowest BCUT2D eigenvalue weighted by molar-refractivity contribution is 0.101. The van der Waals surface area contributed by atoms with E-state index in [1.807, 2.05) is 34.5 Å². The zero-order valence-electron chi connectivity index (χ0n) is 37.0. The van der Waals surface area contributed by atoms with E-state index in [1.54, 1.807) is 60.1 Å². The second-order valence-electron chi connectivity index (χ2n) is 18.0. The standard InChI is InChI=1S/C48H42F2N14O4/c1-24-11-35(49)32(16-41(24)61-20-39(51-22-61)28-7-8-28)47(65)53-37-6-4-5-31-43(37)68-30(19-64-45(31)55-57-60-64)13-27-14-34-44(67-26(3)18-63-46(34)56-58-59-63)38(15-27)54-48(66)33-17-42(25(2)12-36(33)50)62-21-40(52-23-62)29-9-10-29/h4-6,11-12,14-17,20-23,26,28-30H,7-10,13,18-19H2,1-3H3,(H,53,65)(H,54,66)/t26-,30+/m1/s1. The molecule has 2 aliphatic heterocycles. The molecule has 18 nitrogen and oxygen atoms in total. The van der Waals surface area contributed by atoms with Gasteiger partial charge in [-0.25, -0.2) is 28.1 Å². The Kier molecular flexibility index (Phi) is 9.73. The molecule has 2 aliphatic carbocycles. The molecule has 6 heterocycles. The van der Waals surface area contributed by atoms with Crippen molar-refractivity contribution in [2.75, 3.05) is 10.6 Å². The molecule has 2 fully saturated rings. The van der Waals surface area contributed by atoms with Crippen LogP contribution in [0.3, 0.4) is 0 Å². The average Bonchev–Trinajstić information content (AvgIpc) is 4.13. The van der Waals surface area contributed by atoms with Crippen LogP contribution < -0.4 is 20.1 Å². The highest BCUT2D eigenvalue weighted by atomic mass is 19.1. The van der Waals surface area contributed by atoms with Crippen molar-refractivity contribution in [2.45, 2.75) is 90.0 Å². The molecule has 0 spiro atoms. The Morgan fingerprint density at radius 3 is 1.85 bits per heavy atom. The number of rotatable bonds is 10. The summed E-state index contributed by atoms with van der Waals surface area (Å²) in [7, 11) is 0. The van der Waals surface area contributed by atoms with Gasteiger partial charge in [-0.15, -0.1) is 10.2 Å². The van der Waals surface area contributed by atoms with Crippen molar-refractivity contribution in [3.63, 3.8) is 0 Å². The van der Waals surface area contributed by atoms with Crippen LogP contribution in [0.2, 0.25) is 0 Å². The highest BCUT2D eigenvalue weighted by molar-refractivity contribution is 6.07. The quantitative estimate of drug-likeness (QED) is 0.139. The monoisotopic (exact) mass is 916 g/mol. The van der Waals surface area contributed by atoms with Gasteiger partial charge in [0, 0.05) is 30.7 Å². The summed E-state index contributed by atoms with van der Waals surface area (Å²) < 4.78 is 51.6. The molecular weight excluding hydrogens is 875 g/mol. The zero-order chi connectivity index (χ0) is 46.4. The van der Waals surface area contributed by atoms with Crippen molar-refractivity contribution in [3.8, 4) is 45.6 Å². The number of imidazole rings is 2. The smallest absolute Gasteiger partial charge is 0.258 e. The van der Waals surface area contributed by atoms with E-state index in [4.69, 9.17) is 9.47 Å². The largest absolute Gasteiger partial charge is 0.486 e. The number of carbonyl (C=O) groups excluding carboxylic acids is 2. The molecule has 4 aliphatic rings. The fourth-order valence-electron chi connectivity index (χ4n) is 9.15. The minimum absolute atomic E-state index is 0.163. The maximum atomic E-state index is 15.8. The Balaban J connectivity index is 0.878. The number of nitrogens with zero attached hydrogens (tertiary/aromatic N) is 12. The number of para-hydroxylation sites is 1. The summed E-state index contributed by atoms with van der Waals surface area (Å²) in [6.07, 6.45) is 10.7. The van der Waals surface area contributed by atoms with E-state index in [9.17, 15) is 9.59 Å². The molecule has 0 unspecified atom stereocenters. The number of benzene rings is 4. The minimum Gasteiger partial charge on any atom is -0.486 e. The molecule has 342 valence electrons. The number of nitrogens with one attached hydrogen (secondary N) is 2. The second-order valence-corrected chi connectivity index (χ2v) is 18.0. The maximum absolute atomic E-state index is 15.8. The van der Waals surface area contributed by atoms with Crippen molar-refractivity contribution >= 4 is 23.2 Å². The molecule has 20 heteroatoms. The van der Waals surface area contributed by atoms with Gasteiger partial charge < -0.3 is 29.2 Å². The summed E-state index contributed by atoms with van der Waals surface area (Å²) >= 11 is 0. The van der Waals surface area contributed by atoms with Gasteiger partial charge in [-0.2, -0.15) is 0 Å². The highest BCUT2D eigenvalue weighted by Gasteiger charge is 2.32. The third-order valence-electron chi connectivity index (χ3n) is 12.9. The Morgan fingerprint density at radius 2 is 1.25 bits per heavy atom. The number of aromatic nitrogens is 12. The third-order valence-corrected chi connectivity index (χ3v) is 12.9. The molecule has 0 saturated heterocycles. The van der Waals surface area contributed by atoms with Crippen molar-refractivity contribution in [1.29, 1.82) is 0 Å². The van der Waals surface area contributed by atoms with Crippen LogP contribution in [0.25, 0.3) is 34.2 Å². The van der Waals surface area contributed by atoms with Crippen LogP contribution in [-0.4, -0.2) is 83.5 Å². The molecule has 2 atom stereocenters. The predicted molar refractivity (Wildman–Crippen MR) is 241 cm³/mol. The number of hydrogen-bond donors (Lipinski definition) is 2. The molecule has 68 heavy (non-hydrogen) atoms. The summed E-state index contributed by atoms with van der Waals surface area (Å²) in [5.41, 5.74) is 6.32. The van der Waals surface area contributed by atoms with E-state index in [0.717, 1.165) is 37.1 Å². The summed E-state index contributed by atoms with van der Waals surface area (Å²) in [5, 5.41) is 30.8. The van der Waals surface area contributed by atoms with Crippen LogP contribution in [0.1, 0.15) is 93.2 Å². The first-order valence-corrected chi connectivity index (χ1v) is 22.5. The highest BCUT2D eigenvalue weighted by Crippen LogP contribution is 2.44. The van der Waals surface area contributed by atoms with E-state index in [1.165, 1.54) is 24.3 Å². The fraction of sp³-hybridized carbons (Fsp3) is 0.292. The average molecular weight is 917 g/mol. The lowest BCUT2D eigenvalue weighted by atomic mass is 10.0. The van der Waals surface area contributed by atoms with Crippen LogP contribution in [0.4, 0.5) is 20.2 Å². The van der Waals surface area contributed by atoms with Gasteiger partial charge in [0.2, 0.25) is 0 Å². The number of halogens is 2. The van der Waals surface area contributed by atoms with Crippen LogP contribution in [-0.2, 0) is 19.5 Å². The van der Waals surface area contributed by atoms with E-state index < -0.39 is 35.7 Å². The molecule has 2 amide bonds. The lowest BCUT2D eigenvalue weighted by Crippen LogP contribution is -2.26. The van der Waals surface area contributed by atoms with Gasteiger partial charge >= 0.3 is 0 Å². The summed E-state index contributed by atoms with van der Waals surface area (Å²) in [5.74, 6) is -0.547. The molecule has 4 aromatic heterocycles. The Morgan fingerprint density at radius 1 is 0.691 bits per heavy atom. The number of ether oxygens (including phenoxy) is 2. The van der Waals surface area contributed by atoms with Gasteiger partial charge in [0.1, 0.15) is 23.8 Å². The van der Waals surface area contributed by atoms with Gasteiger partial charge in [-0.05, 0) is 133 Å². The van der Waals surface area contributed by atoms with Gasteiger partial charge in [-0.1, -0.05) is 6.07 Å². The lowest BCUT2D eigenvalue weighted by Gasteiger charge is -2.22. The summed E-state index contributed by atoms with van der Waals surface area (Å²) in [4.78, 5) is 37.5. The third kappa shape index (κ3) is 7.50. The fourth-order valence-corrected chi connectivity index (χ4v) is 9.15. The van der Waals surface area contributed by atoms with E-state index >= 15 is 8.78 Å². The van der Waals surface area contributed by atoms with Crippen molar-refractivity contribution in [2.24, 2.45) is 0 Å². The van der Waals surface area contributed by atoms with E-state index in [-0.39, 0.29) is 41.2 Å². The number of aryl methyl sites for hydroxylation is 2. The van der Waals surface area contributed by atoms with Gasteiger partial charge in [0.05, 0.1) is 82.1 Å². The first-order valence-electron chi connectivity index (χ1n) is 22.5. The molecule has 8 aromatic rings. The zero-order valence-corrected chi connectivity index (χ0v) is 37.0. The van der Waals surface area contributed by atoms with Crippen molar-refractivity contribution < 1.29 is 27.8 Å². The normalized spacial score (nSPS) is 17.1. The van der Waals surface area contributed by atoms with Crippen LogP contribution in [0.15, 0.2) is 79.6 Å². The first kappa shape index (κ1) is 41.3. The van der Waals surface area contributed by atoms with Gasteiger partial charge in [-0.3, -0.25) is 9.59 Å². The molecule has 0 bridgehead atoms. The minimum atomic E-state index is -0.700. The van der Waals surface area contributed by atoms with E-state index in [0.29, 0.717) is 75.0 Å². The van der Waals surface area contributed by atoms with Gasteiger partial charge in [0.15, 0.2) is 23.1 Å². The SMILES string of the molecule is Cc1cc(F)c(C(=O)Nc2cccc3c2O[C@@H](Cc2cc(NC(=O)c4cc(-n5cnc(C6CC6)c5)c(C)cc4F)c4c(c2)-c2nnnn2C[C@@H](C)O4)Cn2nnnc2-3)cc1-n1cnc(C2CC2)c1. The predicted octanol–water partition coefficient (Wildman–Crippen LogP) is 7.30. The van der Waals surface area contributed by atoms with Gasteiger partial charge in [0.25, 0.3) is 11.8 Å². The first-order chi connectivity index (χ1) is 33.0. The van der Waals surface area contributed by atoms with Crippen molar-refractivity contribution in [3.05, 3.63) is 130 Å². The molecule has 2 N–H and O–H groups in total. The number of amides is 2. The van der Waals surface area contributed by atoms with Crippen LogP contribution in [0.5, 0.6) is 11.5 Å². The number of tetrazole rings is 2. The van der Waals surface area contributed by atoms with Crippen LogP contribution in [0, 0.1) is 25.5 Å².